The van der Waals surface area contributed by atoms with Crippen molar-refractivity contribution in [3.05, 3.63) is 89.2 Å². The fraction of sp³-hybridized carbons (Fsp3) is 0.406. The number of ether oxygens (including phenoxy) is 1. The van der Waals surface area contributed by atoms with Gasteiger partial charge in [0, 0.05) is 56.8 Å². The zero-order valence-electron chi connectivity index (χ0n) is 23.1. The molecule has 0 saturated carbocycles. The molecule has 0 spiro atoms. The number of benzene rings is 3. The molecule has 2 fully saturated rings. The van der Waals surface area contributed by atoms with Crippen LogP contribution in [0, 0.1) is 11.7 Å². The molecule has 0 aromatic heterocycles. The number of methoxy groups -OCH3 is 1. The van der Waals surface area contributed by atoms with Crippen LogP contribution in [0.2, 0.25) is 5.02 Å². The third-order valence-corrected chi connectivity index (χ3v) is 8.60. The smallest absolute Gasteiger partial charge is 0.224 e. The number of carbonyl (C=O) groups is 1. The molecular formula is C32H38ClFN4O2. The summed E-state index contributed by atoms with van der Waals surface area (Å²) in [6.45, 7) is 6.04. The zero-order valence-corrected chi connectivity index (χ0v) is 23.8. The highest BCUT2D eigenvalue weighted by molar-refractivity contribution is 6.31. The zero-order chi connectivity index (χ0) is 27.9. The van der Waals surface area contributed by atoms with Crippen LogP contribution in [0.1, 0.15) is 24.8 Å². The van der Waals surface area contributed by atoms with Crippen molar-refractivity contribution < 1.29 is 13.9 Å². The van der Waals surface area contributed by atoms with Gasteiger partial charge in [0.2, 0.25) is 5.91 Å². The fourth-order valence-corrected chi connectivity index (χ4v) is 6.35. The van der Waals surface area contributed by atoms with Crippen molar-refractivity contribution in [1.82, 2.24) is 9.80 Å². The summed E-state index contributed by atoms with van der Waals surface area (Å²) in [7, 11) is 1.61. The third kappa shape index (κ3) is 6.95. The molecule has 2 saturated heterocycles. The minimum Gasteiger partial charge on any atom is -0.495 e. The van der Waals surface area contributed by atoms with Crippen LogP contribution in [0.15, 0.2) is 72.8 Å². The summed E-state index contributed by atoms with van der Waals surface area (Å²) < 4.78 is 19.8. The highest BCUT2D eigenvalue weighted by Gasteiger charge is 2.35. The summed E-state index contributed by atoms with van der Waals surface area (Å²) in [5, 5.41) is 3.83. The molecule has 0 unspecified atom stereocenters. The summed E-state index contributed by atoms with van der Waals surface area (Å²) in [6, 6.07) is 22.9. The summed E-state index contributed by atoms with van der Waals surface area (Å²) in [5.41, 5.74) is 2.51. The first-order valence-corrected chi connectivity index (χ1v) is 14.5. The number of nitrogens with zero attached hydrogens (tertiary/aromatic N) is 3. The number of rotatable bonds is 9. The Morgan fingerprint density at radius 3 is 2.48 bits per heavy atom. The second-order valence-electron chi connectivity index (χ2n) is 10.7. The van der Waals surface area contributed by atoms with E-state index in [0.29, 0.717) is 35.5 Å². The van der Waals surface area contributed by atoms with Crippen molar-refractivity contribution in [1.29, 1.82) is 0 Å². The molecule has 5 rings (SSSR count). The quantitative estimate of drug-likeness (QED) is 0.350. The van der Waals surface area contributed by atoms with Gasteiger partial charge in [0.05, 0.1) is 18.5 Å². The minimum atomic E-state index is -0.164. The molecule has 1 N–H and O–H groups in total. The number of piperazine rings is 1. The van der Waals surface area contributed by atoms with E-state index in [1.54, 1.807) is 13.2 Å². The maximum absolute atomic E-state index is 14.4. The number of carbonyl (C=O) groups excluding carboxylic acids is 1. The number of likely N-dealkylation sites (tertiary alicyclic amines) is 1. The lowest BCUT2D eigenvalue weighted by Crippen LogP contribution is -2.56. The Morgan fingerprint density at radius 2 is 1.70 bits per heavy atom. The molecule has 2 aliphatic rings. The Labute approximate surface area is 241 Å². The maximum atomic E-state index is 14.4. The van der Waals surface area contributed by atoms with Crippen molar-refractivity contribution in [2.45, 2.75) is 31.8 Å². The molecule has 0 radical (unpaired) electrons. The molecule has 3 aromatic carbocycles. The van der Waals surface area contributed by atoms with Crippen molar-refractivity contribution in [3.8, 4) is 5.75 Å². The Morgan fingerprint density at radius 1 is 0.975 bits per heavy atom. The first-order chi connectivity index (χ1) is 19.5. The third-order valence-electron chi connectivity index (χ3n) is 8.23. The van der Waals surface area contributed by atoms with Crippen molar-refractivity contribution in [2.24, 2.45) is 5.92 Å². The highest BCUT2D eigenvalue weighted by atomic mass is 35.5. The standard InChI is InChI=1S/C32H38ClFN4O2/c1-40-31-13-7-5-11-28(31)35-32(39)15-14-25-23-36(22-24-8-2-3-9-26(24)33)17-16-29(25)37-18-20-38(21-19-37)30-12-6-4-10-27(30)34/h2-13,25,29H,14-23H2,1H3,(H,35,39)/t25-,29+/m1/s1. The Hall–Kier alpha value is -3.13. The first-order valence-electron chi connectivity index (χ1n) is 14.1. The Balaban J connectivity index is 1.24. The second-order valence-corrected chi connectivity index (χ2v) is 11.1. The van der Waals surface area contributed by atoms with E-state index < -0.39 is 0 Å². The van der Waals surface area contributed by atoms with E-state index in [1.807, 2.05) is 54.6 Å². The molecule has 0 bridgehead atoms. The monoisotopic (exact) mass is 564 g/mol. The van der Waals surface area contributed by atoms with Gasteiger partial charge in [-0.05, 0) is 61.2 Å². The number of piperidine rings is 1. The van der Waals surface area contributed by atoms with Crippen LogP contribution in [-0.4, -0.2) is 68.1 Å². The van der Waals surface area contributed by atoms with Crippen LogP contribution in [0.3, 0.4) is 0 Å². The predicted molar refractivity (Wildman–Crippen MR) is 160 cm³/mol. The van der Waals surface area contributed by atoms with Gasteiger partial charge in [0.1, 0.15) is 11.6 Å². The molecular weight excluding hydrogens is 527 g/mol. The van der Waals surface area contributed by atoms with Gasteiger partial charge in [-0.2, -0.15) is 0 Å². The Kier molecular flexibility index (Phi) is 9.57. The van der Waals surface area contributed by atoms with E-state index in [-0.39, 0.29) is 11.7 Å². The molecule has 212 valence electrons. The Bertz CT molecular complexity index is 1280. The molecule has 2 heterocycles. The van der Waals surface area contributed by atoms with E-state index in [1.165, 1.54) is 6.07 Å². The van der Waals surface area contributed by atoms with Gasteiger partial charge in [-0.15, -0.1) is 0 Å². The summed E-state index contributed by atoms with van der Waals surface area (Å²) in [6.07, 6.45) is 2.26. The number of para-hydroxylation sites is 3. The van der Waals surface area contributed by atoms with Gasteiger partial charge in [-0.25, -0.2) is 4.39 Å². The largest absolute Gasteiger partial charge is 0.495 e. The normalized spacial score (nSPS) is 20.3. The van der Waals surface area contributed by atoms with Gasteiger partial charge in [0.15, 0.2) is 0 Å². The predicted octanol–water partition coefficient (Wildman–Crippen LogP) is 5.92. The van der Waals surface area contributed by atoms with Crippen molar-refractivity contribution in [2.75, 3.05) is 56.6 Å². The molecule has 8 heteroatoms. The van der Waals surface area contributed by atoms with Crippen LogP contribution in [0.25, 0.3) is 0 Å². The molecule has 6 nitrogen and oxygen atoms in total. The van der Waals surface area contributed by atoms with Crippen LogP contribution in [-0.2, 0) is 11.3 Å². The number of amides is 1. The highest BCUT2D eigenvalue weighted by Crippen LogP contribution is 2.31. The molecule has 1 amide bonds. The van der Waals surface area contributed by atoms with Gasteiger partial charge in [-0.1, -0.05) is 54.1 Å². The van der Waals surface area contributed by atoms with Gasteiger partial charge < -0.3 is 15.0 Å². The van der Waals surface area contributed by atoms with E-state index in [0.717, 1.165) is 69.2 Å². The van der Waals surface area contributed by atoms with E-state index in [4.69, 9.17) is 16.3 Å². The number of hydrogen-bond donors (Lipinski definition) is 1. The van der Waals surface area contributed by atoms with E-state index in [9.17, 15) is 9.18 Å². The molecule has 40 heavy (non-hydrogen) atoms. The summed E-state index contributed by atoms with van der Waals surface area (Å²) >= 11 is 6.48. The number of anilines is 2. The molecule has 2 atom stereocenters. The first kappa shape index (κ1) is 28.4. The molecule has 3 aromatic rings. The van der Waals surface area contributed by atoms with Crippen molar-refractivity contribution >= 4 is 28.9 Å². The number of hydrogen-bond acceptors (Lipinski definition) is 5. The lowest BCUT2D eigenvalue weighted by molar-refractivity contribution is -0.116. The number of halogens is 2. The van der Waals surface area contributed by atoms with Crippen LogP contribution >= 0.6 is 11.6 Å². The average molecular weight is 565 g/mol. The average Bonchev–Trinajstić information content (AvgIpc) is 2.98. The second kappa shape index (κ2) is 13.5. The topological polar surface area (TPSA) is 48.1 Å². The summed E-state index contributed by atoms with van der Waals surface area (Å²) in [5.74, 6) is 0.823. The minimum absolute atomic E-state index is 0.00384. The molecule has 2 aliphatic heterocycles. The van der Waals surface area contributed by atoms with Crippen LogP contribution in [0.5, 0.6) is 5.75 Å². The van der Waals surface area contributed by atoms with Crippen LogP contribution < -0.4 is 15.0 Å². The van der Waals surface area contributed by atoms with Gasteiger partial charge in [0.25, 0.3) is 0 Å². The SMILES string of the molecule is COc1ccccc1NC(=O)CC[C@@H]1CN(Cc2ccccc2Cl)CC[C@@H]1N1CCN(c2ccccc2F)CC1. The van der Waals surface area contributed by atoms with E-state index in [2.05, 4.69) is 26.1 Å². The van der Waals surface area contributed by atoms with Crippen molar-refractivity contribution in [3.63, 3.8) is 0 Å². The van der Waals surface area contributed by atoms with Crippen LogP contribution in [0.4, 0.5) is 15.8 Å². The van der Waals surface area contributed by atoms with E-state index >= 15 is 0 Å². The van der Waals surface area contributed by atoms with Gasteiger partial charge in [-0.3, -0.25) is 14.6 Å². The fourth-order valence-electron chi connectivity index (χ4n) is 6.15. The van der Waals surface area contributed by atoms with Gasteiger partial charge >= 0.3 is 0 Å². The molecule has 0 aliphatic carbocycles. The number of nitrogens with one attached hydrogen (secondary N) is 1. The lowest BCUT2D eigenvalue weighted by atomic mass is 9.86. The lowest BCUT2D eigenvalue weighted by Gasteiger charge is -2.47. The maximum Gasteiger partial charge on any atom is 0.224 e. The summed E-state index contributed by atoms with van der Waals surface area (Å²) in [4.78, 5) is 20.2.